The van der Waals surface area contributed by atoms with Crippen LogP contribution in [0.3, 0.4) is 0 Å². The molecular weight excluding hydrogens is 246 g/mol. The molecule has 0 unspecified atom stereocenters. The van der Waals surface area contributed by atoms with Crippen molar-refractivity contribution in [3.8, 4) is 22.5 Å². The quantitative estimate of drug-likeness (QED) is 0.708. The minimum Gasteiger partial charge on any atom is -0.367 e. The molecule has 0 amide bonds. The number of anilines is 1. The summed E-state index contributed by atoms with van der Waals surface area (Å²) in [4.78, 5) is 15.0. The zero-order chi connectivity index (χ0) is 13.2. The number of nitrogens with zero attached hydrogens (tertiary/aromatic N) is 3. The molecule has 3 aromatic rings. The number of nitrogens with one attached hydrogen (secondary N) is 1. The molecular formula is C12H9N5O2. The Labute approximate surface area is 107 Å². The lowest BCUT2D eigenvalue weighted by Crippen LogP contribution is -2.05. The summed E-state index contributed by atoms with van der Waals surface area (Å²) in [7, 11) is 0. The first-order valence-electron chi connectivity index (χ1n) is 5.47. The van der Waals surface area contributed by atoms with E-state index in [1.165, 1.54) is 6.07 Å². The molecule has 0 fully saturated rings. The highest BCUT2D eigenvalue weighted by molar-refractivity contribution is 5.85. The van der Waals surface area contributed by atoms with Crippen molar-refractivity contribution in [3.63, 3.8) is 0 Å². The summed E-state index contributed by atoms with van der Waals surface area (Å²) >= 11 is 0. The van der Waals surface area contributed by atoms with Crippen LogP contribution in [0.25, 0.3) is 22.5 Å². The Kier molecular flexibility index (Phi) is 2.57. The van der Waals surface area contributed by atoms with E-state index < -0.39 is 0 Å². The lowest BCUT2D eigenvalue weighted by Gasteiger charge is -2.00. The highest BCUT2D eigenvalue weighted by Crippen LogP contribution is 2.34. The fourth-order valence-corrected chi connectivity index (χ4v) is 1.74. The topological polar surface area (TPSA) is 111 Å². The van der Waals surface area contributed by atoms with Crippen molar-refractivity contribution >= 4 is 5.88 Å². The molecule has 0 aliphatic heterocycles. The lowest BCUT2D eigenvalue weighted by atomic mass is 10.1. The van der Waals surface area contributed by atoms with Gasteiger partial charge in [-0.05, 0) is 12.1 Å². The van der Waals surface area contributed by atoms with Crippen molar-refractivity contribution in [2.75, 3.05) is 5.73 Å². The fourth-order valence-electron chi connectivity index (χ4n) is 1.74. The molecule has 3 aromatic heterocycles. The number of aromatic amines is 1. The molecule has 0 bridgehead atoms. The molecule has 3 N–H and O–H groups in total. The third-order valence-electron chi connectivity index (χ3n) is 2.59. The lowest BCUT2D eigenvalue weighted by molar-refractivity contribution is 0.439. The predicted molar refractivity (Wildman–Crippen MR) is 68.0 cm³/mol. The Bertz CT molecular complexity index is 743. The first kappa shape index (κ1) is 11.1. The molecule has 0 aromatic carbocycles. The van der Waals surface area contributed by atoms with Crippen LogP contribution >= 0.6 is 0 Å². The number of hydrogen-bond acceptors (Lipinski definition) is 6. The van der Waals surface area contributed by atoms with Crippen LogP contribution in [-0.2, 0) is 0 Å². The average molecular weight is 255 g/mol. The van der Waals surface area contributed by atoms with Gasteiger partial charge in [-0.1, -0.05) is 11.2 Å². The van der Waals surface area contributed by atoms with Crippen LogP contribution in [0.2, 0.25) is 0 Å². The fraction of sp³-hybridized carbons (Fsp3) is 0. The SMILES string of the molecule is Nc1onc(-c2ccc(=O)[nH]n2)c1-c1cccnc1. The number of nitrogen functional groups attached to an aromatic ring is 1. The van der Waals surface area contributed by atoms with Crippen LogP contribution < -0.4 is 11.3 Å². The zero-order valence-electron chi connectivity index (χ0n) is 9.70. The van der Waals surface area contributed by atoms with Gasteiger partial charge >= 0.3 is 0 Å². The van der Waals surface area contributed by atoms with Gasteiger partial charge in [0.25, 0.3) is 5.56 Å². The van der Waals surface area contributed by atoms with E-state index in [0.717, 1.165) is 5.56 Å². The number of aromatic nitrogens is 4. The van der Waals surface area contributed by atoms with Crippen LogP contribution in [0.15, 0.2) is 46.0 Å². The van der Waals surface area contributed by atoms with E-state index in [2.05, 4.69) is 20.3 Å². The van der Waals surface area contributed by atoms with Crippen LogP contribution in [0, 0.1) is 0 Å². The van der Waals surface area contributed by atoms with Crippen molar-refractivity contribution in [2.24, 2.45) is 0 Å². The molecule has 0 aliphatic rings. The number of nitrogens with two attached hydrogens (primary N) is 1. The minimum absolute atomic E-state index is 0.177. The van der Waals surface area contributed by atoms with E-state index in [-0.39, 0.29) is 11.4 Å². The summed E-state index contributed by atoms with van der Waals surface area (Å²) in [6.07, 6.45) is 3.31. The van der Waals surface area contributed by atoms with Crippen molar-refractivity contribution in [3.05, 3.63) is 47.0 Å². The van der Waals surface area contributed by atoms with Gasteiger partial charge in [0.05, 0.1) is 5.56 Å². The van der Waals surface area contributed by atoms with Gasteiger partial charge in [-0.25, -0.2) is 5.10 Å². The number of pyridine rings is 1. The number of H-pyrrole nitrogens is 1. The average Bonchev–Trinajstić information content (AvgIpc) is 2.82. The van der Waals surface area contributed by atoms with E-state index in [1.807, 2.05) is 6.07 Å². The van der Waals surface area contributed by atoms with E-state index in [1.54, 1.807) is 24.5 Å². The molecule has 0 atom stereocenters. The van der Waals surface area contributed by atoms with Crippen LogP contribution in [0.1, 0.15) is 0 Å². The molecule has 0 saturated heterocycles. The summed E-state index contributed by atoms with van der Waals surface area (Å²) in [5, 5.41) is 10.1. The maximum absolute atomic E-state index is 11.0. The molecule has 19 heavy (non-hydrogen) atoms. The van der Waals surface area contributed by atoms with Gasteiger partial charge in [-0.2, -0.15) is 5.10 Å². The third-order valence-corrected chi connectivity index (χ3v) is 2.59. The third kappa shape index (κ3) is 1.97. The van der Waals surface area contributed by atoms with Crippen molar-refractivity contribution in [1.82, 2.24) is 20.3 Å². The Morgan fingerprint density at radius 2 is 2.16 bits per heavy atom. The zero-order valence-corrected chi connectivity index (χ0v) is 9.70. The Morgan fingerprint density at radius 3 is 2.84 bits per heavy atom. The summed E-state index contributed by atoms with van der Waals surface area (Å²) < 4.78 is 5.00. The first-order chi connectivity index (χ1) is 9.25. The number of rotatable bonds is 2. The Hall–Kier alpha value is -2.96. The molecule has 7 heteroatoms. The molecule has 94 valence electrons. The van der Waals surface area contributed by atoms with Crippen LogP contribution in [0.4, 0.5) is 5.88 Å². The molecule has 3 rings (SSSR count). The van der Waals surface area contributed by atoms with E-state index in [9.17, 15) is 4.79 Å². The Morgan fingerprint density at radius 1 is 1.26 bits per heavy atom. The Balaban J connectivity index is 2.19. The van der Waals surface area contributed by atoms with Gasteiger partial charge in [-0.3, -0.25) is 9.78 Å². The molecule has 0 spiro atoms. The second-order valence-corrected chi connectivity index (χ2v) is 3.82. The maximum atomic E-state index is 11.0. The maximum Gasteiger partial charge on any atom is 0.264 e. The summed E-state index contributed by atoms with van der Waals surface area (Å²) in [6, 6.07) is 6.53. The number of hydrogen-bond donors (Lipinski definition) is 2. The molecule has 3 heterocycles. The minimum atomic E-state index is -0.289. The van der Waals surface area contributed by atoms with Gasteiger partial charge in [0.1, 0.15) is 11.4 Å². The van der Waals surface area contributed by atoms with E-state index >= 15 is 0 Å². The van der Waals surface area contributed by atoms with Crippen LogP contribution in [-0.4, -0.2) is 20.3 Å². The smallest absolute Gasteiger partial charge is 0.264 e. The highest BCUT2D eigenvalue weighted by Gasteiger charge is 2.18. The summed E-state index contributed by atoms with van der Waals surface area (Å²) in [6.45, 7) is 0. The first-order valence-corrected chi connectivity index (χ1v) is 5.47. The van der Waals surface area contributed by atoms with Crippen molar-refractivity contribution < 1.29 is 4.52 Å². The highest BCUT2D eigenvalue weighted by atomic mass is 16.5. The summed E-state index contributed by atoms with van der Waals surface area (Å²) in [5.41, 5.74) is 7.80. The standard InChI is InChI=1S/C12H9N5O2/c13-12-10(7-2-1-5-14-6-7)11(17-19-12)8-3-4-9(18)16-15-8/h1-6H,13H2,(H,16,18). The van der Waals surface area contributed by atoms with Gasteiger partial charge in [-0.15, -0.1) is 0 Å². The molecule has 0 saturated carbocycles. The van der Waals surface area contributed by atoms with Crippen LogP contribution in [0.5, 0.6) is 0 Å². The second kappa shape index (κ2) is 4.37. The second-order valence-electron chi connectivity index (χ2n) is 3.82. The van der Waals surface area contributed by atoms with Gasteiger partial charge < -0.3 is 10.3 Å². The summed E-state index contributed by atoms with van der Waals surface area (Å²) in [5.74, 6) is 0.177. The van der Waals surface area contributed by atoms with E-state index in [0.29, 0.717) is 17.0 Å². The predicted octanol–water partition coefficient (Wildman–Crippen LogP) is 1.07. The van der Waals surface area contributed by atoms with Gasteiger partial charge in [0.15, 0.2) is 0 Å². The van der Waals surface area contributed by atoms with Crippen molar-refractivity contribution in [1.29, 1.82) is 0 Å². The van der Waals surface area contributed by atoms with E-state index in [4.69, 9.17) is 10.3 Å². The normalized spacial score (nSPS) is 10.5. The largest absolute Gasteiger partial charge is 0.367 e. The van der Waals surface area contributed by atoms with Crippen molar-refractivity contribution in [2.45, 2.75) is 0 Å². The monoisotopic (exact) mass is 255 g/mol. The van der Waals surface area contributed by atoms with Gasteiger partial charge in [0, 0.05) is 24.0 Å². The molecule has 7 nitrogen and oxygen atoms in total. The molecule has 0 radical (unpaired) electrons. The molecule has 0 aliphatic carbocycles. The van der Waals surface area contributed by atoms with Gasteiger partial charge in [0.2, 0.25) is 5.88 Å².